The summed E-state index contributed by atoms with van der Waals surface area (Å²) in [5.74, 6) is -0.664. The highest BCUT2D eigenvalue weighted by atomic mass is 35.5. The molecule has 7 heteroatoms. The molecule has 0 aromatic heterocycles. The van der Waals surface area contributed by atoms with Gasteiger partial charge in [0.15, 0.2) is 0 Å². The molecule has 0 bridgehead atoms. The van der Waals surface area contributed by atoms with Crippen molar-refractivity contribution in [2.24, 2.45) is 0 Å². The van der Waals surface area contributed by atoms with E-state index in [1.165, 1.54) is 5.56 Å². The van der Waals surface area contributed by atoms with Crippen molar-refractivity contribution in [3.8, 4) is 0 Å². The molecule has 0 spiro atoms. The first-order valence-corrected chi connectivity index (χ1v) is 10.2. The molecule has 154 valence electrons. The molecule has 0 aliphatic carbocycles. The number of halogens is 1. The molecule has 1 aliphatic heterocycles. The number of ether oxygens (including phenoxy) is 1. The molecule has 2 aromatic rings. The van der Waals surface area contributed by atoms with Crippen LogP contribution in [0.25, 0.3) is 0 Å². The van der Waals surface area contributed by atoms with Gasteiger partial charge in [-0.1, -0.05) is 35.9 Å². The standard InChI is InChI=1S/C22H26ClN3O3/c1-16(24-22(28)19-4-2-3-5-20(19)23)21(27)25-18-8-6-17(7-9-18)10-11-26-12-14-29-15-13-26/h2-9,16H,10-15H2,1H3,(H,24,28)(H,25,27). The number of hydrogen-bond donors (Lipinski definition) is 2. The second-order valence-corrected chi connectivity index (χ2v) is 7.47. The molecule has 1 atom stereocenters. The van der Waals surface area contributed by atoms with E-state index in [0.717, 1.165) is 39.3 Å². The van der Waals surface area contributed by atoms with Crippen LogP contribution in [-0.2, 0) is 16.0 Å². The summed E-state index contributed by atoms with van der Waals surface area (Å²) in [4.78, 5) is 27.1. The van der Waals surface area contributed by atoms with Crippen molar-refractivity contribution in [1.29, 1.82) is 0 Å². The van der Waals surface area contributed by atoms with E-state index in [1.54, 1.807) is 31.2 Å². The molecule has 2 N–H and O–H groups in total. The molecule has 1 heterocycles. The molecule has 2 amide bonds. The normalized spacial score (nSPS) is 15.5. The highest BCUT2D eigenvalue weighted by Crippen LogP contribution is 2.15. The summed E-state index contributed by atoms with van der Waals surface area (Å²) in [5.41, 5.74) is 2.26. The van der Waals surface area contributed by atoms with Crippen LogP contribution in [0.4, 0.5) is 5.69 Å². The van der Waals surface area contributed by atoms with Gasteiger partial charge in [-0.3, -0.25) is 14.5 Å². The average molecular weight is 416 g/mol. The zero-order valence-corrected chi connectivity index (χ0v) is 17.2. The number of carbonyl (C=O) groups excluding carboxylic acids is 2. The lowest BCUT2D eigenvalue weighted by atomic mass is 10.1. The summed E-state index contributed by atoms with van der Waals surface area (Å²) >= 11 is 6.03. The largest absolute Gasteiger partial charge is 0.379 e. The molecule has 0 radical (unpaired) electrons. The van der Waals surface area contributed by atoms with Crippen LogP contribution in [0.15, 0.2) is 48.5 Å². The quantitative estimate of drug-likeness (QED) is 0.729. The third kappa shape index (κ3) is 6.29. The Morgan fingerprint density at radius 1 is 1.10 bits per heavy atom. The van der Waals surface area contributed by atoms with Crippen molar-refractivity contribution in [2.75, 3.05) is 38.2 Å². The molecular formula is C22H26ClN3O3. The van der Waals surface area contributed by atoms with Gasteiger partial charge in [-0.05, 0) is 43.2 Å². The topological polar surface area (TPSA) is 70.7 Å². The summed E-state index contributed by atoms with van der Waals surface area (Å²) < 4.78 is 5.36. The average Bonchev–Trinajstić information content (AvgIpc) is 2.74. The summed E-state index contributed by atoms with van der Waals surface area (Å²) in [6.07, 6.45) is 0.957. The number of nitrogens with one attached hydrogen (secondary N) is 2. The molecule has 2 aromatic carbocycles. The fourth-order valence-corrected chi connectivity index (χ4v) is 3.32. The summed E-state index contributed by atoms with van der Waals surface area (Å²) in [5, 5.41) is 5.86. The van der Waals surface area contributed by atoms with Crippen LogP contribution in [-0.4, -0.2) is 55.6 Å². The van der Waals surface area contributed by atoms with Gasteiger partial charge in [0.25, 0.3) is 5.91 Å². The van der Waals surface area contributed by atoms with Crippen LogP contribution >= 0.6 is 11.6 Å². The molecule has 1 fully saturated rings. The number of rotatable bonds is 7. The SMILES string of the molecule is CC(NC(=O)c1ccccc1Cl)C(=O)Nc1ccc(CCN2CCOCC2)cc1. The third-order valence-electron chi connectivity index (χ3n) is 4.90. The Labute approximate surface area is 176 Å². The van der Waals surface area contributed by atoms with E-state index in [4.69, 9.17) is 16.3 Å². The maximum atomic E-state index is 12.4. The van der Waals surface area contributed by atoms with Crippen molar-refractivity contribution in [1.82, 2.24) is 10.2 Å². The van der Waals surface area contributed by atoms with E-state index in [-0.39, 0.29) is 11.8 Å². The van der Waals surface area contributed by atoms with Crippen molar-refractivity contribution >= 4 is 29.1 Å². The highest BCUT2D eigenvalue weighted by molar-refractivity contribution is 6.33. The smallest absolute Gasteiger partial charge is 0.253 e. The number of nitrogens with zero attached hydrogens (tertiary/aromatic N) is 1. The molecule has 1 unspecified atom stereocenters. The first-order valence-electron chi connectivity index (χ1n) is 9.78. The van der Waals surface area contributed by atoms with Gasteiger partial charge in [0.1, 0.15) is 6.04 Å². The van der Waals surface area contributed by atoms with E-state index >= 15 is 0 Å². The minimum atomic E-state index is -0.695. The first-order chi connectivity index (χ1) is 14.0. The van der Waals surface area contributed by atoms with Crippen molar-refractivity contribution in [3.05, 3.63) is 64.7 Å². The van der Waals surface area contributed by atoms with E-state index < -0.39 is 6.04 Å². The van der Waals surface area contributed by atoms with Gasteiger partial charge in [-0.2, -0.15) is 0 Å². The number of carbonyl (C=O) groups is 2. The lowest BCUT2D eigenvalue weighted by Gasteiger charge is -2.26. The van der Waals surface area contributed by atoms with Gasteiger partial charge in [-0.25, -0.2) is 0 Å². The number of hydrogen-bond acceptors (Lipinski definition) is 4. The Morgan fingerprint density at radius 3 is 2.48 bits per heavy atom. The molecule has 1 saturated heterocycles. The number of anilines is 1. The third-order valence-corrected chi connectivity index (χ3v) is 5.23. The van der Waals surface area contributed by atoms with E-state index in [9.17, 15) is 9.59 Å². The Balaban J connectivity index is 1.48. The Hall–Kier alpha value is -2.41. The van der Waals surface area contributed by atoms with Gasteiger partial charge < -0.3 is 15.4 Å². The van der Waals surface area contributed by atoms with E-state index in [2.05, 4.69) is 15.5 Å². The molecule has 3 rings (SSSR count). The van der Waals surface area contributed by atoms with Crippen LogP contribution in [0.3, 0.4) is 0 Å². The van der Waals surface area contributed by atoms with Crippen molar-refractivity contribution in [2.45, 2.75) is 19.4 Å². The Kier molecular flexibility index (Phi) is 7.63. The minimum Gasteiger partial charge on any atom is -0.379 e. The molecule has 0 saturated carbocycles. The second kappa shape index (κ2) is 10.4. The summed E-state index contributed by atoms with van der Waals surface area (Å²) in [6.45, 7) is 6.20. The second-order valence-electron chi connectivity index (χ2n) is 7.07. The number of amides is 2. The van der Waals surface area contributed by atoms with Gasteiger partial charge in [0, 0.05) is 25.3 Å². The van der Waals surface area contributed by atoms with E-state index in [1.807, 2.05) is 24.3 Å². The van der Waals surface area contributed by atoms with Crippen molar-refractivity contribution in [3.63, 3.8) is 0 Å². The minimum absolute atomic E-state index is 0.286. The van der Waals surface area contributed by atoms with Crippen LogP contribution < -0.4 is 10.6 Å². The molecule has 1 aliphatic rings. The van der Waals surface area contributed by atoms with Crippen molar-refractivity contribution < 1.29 is 14.3 Å². The zero-order chi connectivity index (χ0) is 20.6. The number of morpholine rings is 1. The zero-order valence-electron chi connectivity index (χ0n) is 16.5. The predicted molar refractivity (Wildman–Crippen MR) is 114 cm³/mol. The molecule has 29 heavy (non-hydrogen) atoms. The lowest BCUT2D eigenvalue weighted by molar-refractivity contribution is -0.117. The maximum absolute atomic E-state index is 12.4. The van der Waals surface area contributed by atoms with Crippen LogP contribution in [0, 0.1) is 0 Å². The van der Waals surface area contributed by atoms with Crippen LogP contribution in [0.5, 0.6) is 0 Å². The van der Waals surface area contributed by atoms with Gasteiger partial charge in [-0.15, -0.1) is 0 Å². The summed E-state index contributed by atoms with van der Waals surface area (Å²) in [6, 6.07) is 13.8. The van der Waals surface area contributed by atoms with Crippen LogP contribution in [0.1, 0.15) is 22.8 Å². The lowest BCUT2D eigenvalue weighted by Crippen LogP contribution is -2.41. The first kappa shape index (κ1) is 21.3. The molecule has 6 nitrogen and oxygen atoms in total. The number of benzene rings is 2. The van der Waals surface area contributed by atoms with E-state index in [0.29, 0.717) is 16.3 Å². The predicted octanol–water partition coefficient (Wildman–Crippen LogP) is 2.97. The molecular weight excluding hydrogens is 390 g/mol. The Bertz CT molecular complexity index is 835. The monoisotopic (exact) mass is 415 g/mol. The maximum Gasteiger partial charge on any atom is 0.253 e. The highest BCUT2D eigenvalue weighted by Gasteiger charge is 2.18. The fraction of sp³-hybridized carbons (Fsp3) is 0.364. The van der Waals surface area contributed by atoms with Crippen LogP contribution in [0.2, 0.25) is 5.02 Å². The van der Waals surface area contributed by atoms with Gasteiger partial charge >= 0.3 is 0 Å². The Morgan fingerprint density at radius 2 is 1.79 bits per heavy atom. The van der Waals surface area contributed by atoms with Gasteiger partial charge in [0.05, 0.1) is 23.8 Å². The summed E-state index contributed by atoms with van der Waals surface area (Å²) in [7, 11) is 0. The van der Waals surface area contributed by atoms with Gasteiger partial charge in [0.2, 0.25) is 5.91 Å². The fourth-order valence-electron chi connectivity index (χ4n) is 3.10.